The molecule has 0 fully saturated rings. The minimum Gasteiger partial charge on any atom is -0.250 e. The molecule has 2 rings (SSSR count). The van der Waals surface area contributed by atoms with Crippen LogP contribution in [0.2, 0.25) is 5.02 Å². The standard InChI is InChI=1S/C12H11ClFN/c1-2-4-8-7-10(13)9-5-3-6-11(14)12(9)15-8/h3,5-7H,2,4H2,1H3. The van der Waals surface area contributed by atoms with E-state index in [1.54, 1.807) is 12.1 Å². The maximum Gasteiger partial charge on any atom is 0.149 e. The lowest BCUT2D eigenvalue weighted by molar-refractivity contribution is 0.636. The first kappa shape index (κ1) is 10.4. The number of aromatic nitrogens is 1. The van der Waals surface area contributed by atoms with Crippen LogP contribution in [0.3, 0.4) is 0 Å². The van der Waals surface area contributed by atoms with Gasteiger partial charge in [-0.1, -0.05) is 37.1 Å². The predicted molar refractivity (Wildman–Crippen MR) is 60.7 cm³/mol. The molecule has 0 spiro atoms. The van der Waals surface area contributed by atoms with Gasteiger partial charge in [-0.05, 0) is 18.6 Å². The summed E-state index contributed by atoms with van der Waals surface area (Å²) in [4.78, 5) is 4.27. The molecule has 3 heteroatoms. The van der Waals surface area contributed by atoms with Gasteiger partial charge in [-0.15, -0.1) is 0 Å². The molecule has 0 radical (unpaired) electrons. The lowest BCUT2D eigenvalue weighted by Crippen LogP contribution is -1.92. The maximum atomic E-state index is 13.5. The summed E-state index contributed by atoms with van der Waals surface area (Å²) in [7, 11) is 0. The Balaban J connectivity index is 2.68. The van der Waals surface area contributed by atoms with Gasteiger partial charge in [0.15, 0.2) is 0 Å². The maximum absolute atomic E-state index is 13.5. The van der Waals surface area contributed by atoms with Crippen LogP contribution in [0.1, 0.15) is 19.0 Å². The minimum atomic E-state index is -0.313. The average molecular weight is 224 g/mol. The molecule has 1 nitrogen and oxygen atoms in total. The minimum absolute atomic E-state index is 0.313. The Morgan fingerprint density at radius 1 is 1.40 bits per heavy atom. The molecule has 78 valence electrons. The molecule has 0 saturated heterocycles. The van der Waals surface area contributed by atoms with Crippen molar-refractivity contribution in [2.45, 2.75) is 19.8 Å². The molecule has 1 heterocycles. The number of hydrogen-bond donors (Lipinski definition) is 0. The average Bonchev–Trinajstić information content (AvgIpc) is 2.20. The van der Waals surface area contributed by atoms with Gasteiger partial charge >= 0.3 is 0 Å². The van der Waals surface area contributed by atoms with Crippen molar-refractivity contribution in [3.05, 3.63) is 40.8 Å². The van der Waals surface area contributed by atoms with Crippen molar-refractivity contribution in [1.29, 1.82) is 0 Å². The van der Waals surface area contributed by atoms with Crippen LogP contribution in [-0.2, 0) is 6.42 Å². The molecule has 15 heavy (non-hydrogen) atoms. The number of benzene rings is 1. The molecule has 0 aliphatic carbocycles. The van der Waals surface area contributed by atoms with E-state index in [-0.39, 0.29) is 5.82 Å². The van der Waals surface area contributed by atoms with Crippen LogP contribution in [0, 0.1) is 5.82 Å². The van der Waals surface area contributed by atoms with E-state index in [0.29, 0.717) is 15.9 Å². The van der Waals surface area contributed by atoms with Crippen LogP contribution < -0.4 is 0 Å². The van der Waals surface area contributed by atoms with Crippen molar-refractivity contribution in [1.82, 2.24) is 4.98 Å². The van der Waals surface area contributed by atoms with Crippen LogP contribution in [0.25, 0.3) is 10.9 Å². The fraction of sp³-hybridized carbons (Fsp3) is 0.250. The van der Waals surface area contributed by atoms with Gasteiger partial charge in [-0.2, -0.15) is 0 Å². The Hall–Kier alpha value is -1.15. The zero-order valence-electron chi connectivity index (χ0n) is 8.43. The molecule has 0 unspecified atom stereocenters. The van der Waals surface area contributed by atoms with Crippen molar-refractivity contribution in [2.75, 3.05) is 0 Å². The summed E-state index contributed by atoms with van der Waals surface area (Å²) >= 11 is 6.06. The third kappa shape index (κ3) is 1.95. The monoisotopic (exact) mass is 223 g/mol. The summed E-state index contributed by atoms with van der Waals surface area (Å²) < 4.78 is 13.5. The van der Waals surface area contributed by atoms with Gasteiger partial charge in [0.2, 0.25) is 0 Å². The molecular formula is C12H11ClFN. The molecule has 2 aromatic rings. The lowest BCUT2D eigenvalue weighted by Gasteiger charge is -2.04. The van der Waals surface area contributed by atoms with E-state index < -0.39 is 0 Å². The second kappa shape index (κ2) is 4.15. The summed E-state index contributed by atoms with van der Waals surface area (Å²) in [6.45, 7) is 2.06. The number of nitrogens with zero attached hydrogens (tertiary/aromatic N) is 1. The van der Waals surface area contributed by atoms with Crippen molar-refractivity contribution in [3.8, 4) is 0 Å². The summed E-state index contributed by atoms with van der Waals surface area (Å²) in [5.41, 5.74) is 1.22. The van der Waals surface area contributed by atoms with Crippen molar-refractivity contribution in [3.63, 3.8) is 0 Å². The number of aryl methyl sites for hydroxylation is 1. The van der Waals surface area contributed by atoms with E-state index in [4.69, 9.17) is 11.6 Å². The number of rotatable bonds is 2. The van der Waals surface area contributed by atoms with E-state index in [9.17, 15) is 4.39 Å². The molecule has 0 atom stereocenters. The molecule has 0 aliphatic heterocycles. The first-order chi connectivity index (χ1) is 7.22. The third-order valence-corrected chi connectivity index (χ3v) is 2.61. The first-order valence-corrected chi connectivity index (χ1v) is 5.34. The molecule has 0 N–H and O–H groups in total. The molecule has 0 saturated carbocycles. The normalized spacial score (nSPS) is 10.9. The number of para-hydroxylation sites is 1. The largest absolute Gasteiger partial charge is 0.250 e. The SMILES string of the molecule is CCCc1cc(Cl)c2cccc(F)c2n1. The Labute approximate surface area is 92.9 Å². The highest BCUT2D eigenvalue weighted by Gasteiger charge is 2.07. The summed E-state index contributed by atoms with van der Waals surface area (Å²) in [5, 5.41) is 1.25. The number of pyridine rings is 1. The van der Waals surface area contributed by atoms with E-state index in [0.717, 1.165) is 18.5 Å². The number of fused-ring (bicyclic) bond motifs is 1. The number of hydrogen-bond acceptors (Lipinski definition) is 1. The number of halogens is 2. The van der Waals surface area contributed by atoms with E-state index in [1.165, 1.54) is 6.07 Å². The van der Waals surface area contributed by atoms with Gasteiger partial charge < -0.3 is 0 Å². The fourth-order valence-electron chi connectivity index (χ4n) is 1.61. The second-order valence-corrected chi connectivity index (χ2v) is 3.89. The third-order valence-electron chi connectivity index (χ3n) is 2.30. The van der Waals surface area contributed by atoms with Crippen molar-refractivity contribution in [2.24, 2.45) is 0 Å². The smallest absolute Gasteiger partial charge is 0.149 e. The van der Waals surface area contributed by atoms with Crippen LogP contribution in [0.15, 0.2) is 24.3 Å². The van der Waals surface area contributed by atoms with Crippen LogP contribution in [0.4, 0.5) is 4.39 Å². The van der Waals surface area contributed by atoms with Gasteiger partial charge in [-0.25, -0.2) is 9.37 Å². The van der Waals surface area contributed by atoms with Crippen LogP contribution >= 0.6 is 11.6 Å². The van der Waals surface area contributed by atoms with Gasteiger partial charge in [0, 0.05) is 11.1 Å². The highest BCUT2D eigenvalue weighted by Crippen LogP contribution is 2.25. The van der Waals surface area contributed by atoms with Gasteiger partial charge in [0.25, 0.3) is 0 Å². The summed E-state index contributed by atoms with van der Waals surface area (Å²) in [5.74, 6) is -0.313. The van der Waals surface area contributed by atoms with Crippen molar-refractivity contribution < 1.29 is 4.39 Å². The Bertz CT molecular complexity index is 496. The highest BCUT2D eigenvalue weighted by atomic mass is 35.5. The van der Waals surface area contributed by atoms with Gasteiger partial charge in [0.1, 0.15) is 11.3 Å². The molecule has 1 aromatic heterocycles. The second-order valence-electron chi connectivity index (χ2n) is 3.48. The lowest BCUT2D eigenvalue weighted by atomic mass is 10.1. The molecule has 0 amide bonds. The van der Waals surface area contributed by atoms with E-state index >= 15 is 0 Å². The van der Waals surface area contributed by atoms with E-state index in [1.807, 2.05) is 6.07 Å². The topological polar surface area (TPSA) is 12.9 Å². The van der Waals surface area contributed by atoms with Crippen molar-refractivity contribution >= 4 is 22.5 Å². The predicted octanol–water partition coefficient (Wildman–Crippen LogP) is 3.98. The first-order valence-electron chi connectivity index (χ1n) is 4.96. The Morgan fingerprint density at radius 2 is 2.20 bits per heavy atom. The molecule has 0 bridgehead atoms. The highest BCUT2D eigenvalue weighted by molar-refractivity contribution is 6.35. The summed E-state index contributed by atoms with van der Waals surface area (Å²) in [6.07, 6.45) is 1.80. The van der Waals surface area contributed by atoms with E-state index in [2.05, 4.69) is 11.9 Å². The zero-order chi connectivity index (χ0) is 10.8. The Morgan fingerprint density at radius 3 is 2.93 bits per heavy atom. The quantitative estimate of drug-likeness (QED) is 0.751. The van der Waals surface area contributed by atoms with Gasteiger partial charge in [0.05, 0.1) is 5.02 Å². The van der Waals surface area contributed by atoms with Crippen LogP contribution in [0.5, 0.6) is 0 Å². The molecule has 0 aliphatic rings. The molecular weight excluding hydrogens is 213 g/mol. The Kier molecular flexibility index (Phi) is 2.87. The fourth-order valence-corrected chi connectivity index (χ4v) is 1.88. The molecule has 1 aromatic carbocycles. The zero-order valence-corrected chi connectivity index (χ0v) is 9.18. The van der Waals surface area contributed by atoms with Crippen LogP contribution in [-0.4, -0.2) is 4.98 Å². The van der Waals surface area contributed by atoms with Gasteiger partial charge in [-0.3, -0.25) is 0 Å². The summed E-state index contributed by atoms with van der Waals surface area (Å²) in [6, 6.07) is 6.64.